The fourth-order valence-electron chi connectivity index (χ4n) is 5.38. The number of aliphatic carboxylic acids is 1. The summed E-state index contributed by atoms with van der Waals surface area (Å²) < 4.78 is 10.7. The second kappa shape index (κ2) is 17.6. The van der Waals surface area contributed by atoms with E-state index in [9.17, 15) is 19.2 Å². The van der Waals surface area contributed by atoms with Gasteiger partial charge in [-0.1, -0.05) is 38.1 Å². The molecule has 13 heteroatoms. The maximum absolute atomic E-state index is 12.6. The number of hydrogen-bond donors (Lipinski definition) is 5. The van der Waals surface area contributed by atoms with Gasteiger partial charge in [-0.2, -0.15) is 0 Å². The summed E-state index contributed by atoms with van der Waals surface area (Å²) in [5.41, 5.74) is 18.0. The topological polar surface area (TPSA) is 204 Å². The van der Waals surface area contributed by atoms with Crippen LogP contribution >= 0.6 is 0 Å². The molecule has 8 N–H and O–H groups in total. The molecule has 3 amide bonds. The van der Waals surface area contributed by atoms with E-state index < -0.39 is 29.2 Å². The summed E-state index contributed by atoms with van der Waals surface area (Å²) in [6.07, 6.45) is 0.563. The van der Waals surface area contributed by atoms with Gasteiger partial charge in [-0.3, -0.25) is 9.59 Å². The molecule has 0 radical (unpaired) electrons. The van der Waals surface area contributed by atoms with Crippen LogP contribution in [-0.4, -0.2) is 76.4 Å². The first-order valence-electron chi connectivity index (χ1n) is 16.6. The van der Waals surface area contributed by atoms with Crippen molar-refractivity contribution in [1.29, 1.82) is 0 Å². The third-order valence-corrected chi connectivity index (χ3v) is 7.56. The highest BCUT2D eigenvalue weighted by molar-refractivity contribution is 5.95. The fraction of sp³-hybridized carbons (Fsp3) is 0.556. The van der Waals surface area contributed by atoms with E-state index in [2.05, 4.69) is 5.32 Å². The Hall–Kier alpha value is -4.68. The monoisotopic (exact) mass is 684 g/mol. The average Bonchev–Trinajstić information content (AvgIpc) is 2.98. The summed E-state index contributed by atoms with van der Waals surface area (Å²) in [7, 11) is 0. The third kappa shape index (κ3) is 14.5. The van der Waals surface area contributed by atoms with E-state index in [1.54, 1.807) is 49.9 Å². The molecule has 0 aromatic heterocycles. The number of nitrogens with two attached hydrogens (primary N) is 3. The third-order valence-electron chi connectivity index (χ3n) is 7.56. The van der Waals surface area contributed by atoms with Gasteiger partial charge in [0.15, 0.2) is 0 Å². The molecule has 4 atom stereocenters. The molecule has 2 aromatic carbocycles. The highest BCUT2D eigenvalue weighted by Gasteiger charge is 2.35. The number of nitrogens with zero attached hydrogens (tertiary/aromatic N) is 2. The highest BCUT2D eigenvalue weighted by atomic mass is 16.6. The molecule has 2 heterocycles. The van der Waals surface area contributed by atoms with Crippen LogP contribution in [0.1, 0.15) is 68.2 Å². The minimum atomic E-state index is -0.842. The summed E-state index contributed by atoms with van der Waals surface area (Å²) in [6.45, 7) is 16.7. The fourth-order valence-corrected chi connectivity index (χ4v) is 5.38. The van der Waals surface area contributed by atoms with E-state index in [4.69, 9.17) is 31.8 Å². The predicted octanol–water partition coefficient (Wildman–Crippen LogP) is 5.92. The van der Waals surface area contributed by atoms with E-state index in [1.807, 2.05) is 58.9 Å². The summed E-state index contributed by atoms with van der Waals surface area (Å²) in [6, 6.07) is 14.4. The number of benzene rings is 2. The molecule has 272 valence electrons. The van der Waals surface area contributed by atoms with Crippen LogP contribution in [0.3, 0.4) is 0 Å². The molecule has 2 fully saturated rings. The lowest BCUT2D eigenvalue weighted by Gasteiger charge is -2.36. The lowest BCUT2D eigenvalue weighted by Crippen LogP contribution is -2.48. The molecule has 0 bridgehead atoms. The van der Waals surface area contributed by atoms with Crippen molar-refractivity contribution in [3.05, 3.63) is 48.5 Å². The van der Waals surface area contributed by atoms with Gasteiger partial charge < -0.3 is 46.9 Å². The van der Waals surface area contributed by atoms with Gasteiger partial charge in [-0.25, -0.2) is 9.59 Å². The first-order chi connectivity index (χ1) is 22.6. The second-order valence-electron chi connectivity index (χ2n) is 14.9. The van der Waals surface area contributed by atoms with Crippen molar-refractivity contribution >= 4 is 46.8 Å². The number of carboxylic acids is 1. The van der Waals surface area contributed by atoms with Gasteiger partial charge in [0, 0.05) is 26.2 Å². The van der Waals surface area contributed by atoms with Gasteiger partial charge in [0.25, 0.3) is 0 Å². The zero-order valence-corrected chi connectivity index (χ0v) is 30.2. The molecule has 49 heavy (non-hydrogen) atoms. The van der Waals surface area contributed by atoms with E-state index in [0.717, 1.165) is 6.42 Å². The number of piperidine rings is 2. The Kier molecular flexibility index (Phi) is 14.6. The Labute approximate surface area is 290 Å². The number of carbonyl (C=O) groups excluding carboxylic acids is 3. The molecule has 2 aromatic rings. The lowest BCUT2D eigenvalue weighted by molar-refractivity contribution is -0.144. The number of rotatable bonds is 3. The van der Waals surface area contributed by atoms with Gasteiger partial charge in [-0.15, -0.1) is 0 Å². The summed E-state index contributed by atoms with van der Waals surface area (Å²) >= 11 is 0. The van der Waals surface area contributed by atoms with Crippen LogP contribution in [0.5, 0.6) is 0 Å². The number of nitrogen functional groups attached to an aromatic ring is 3. The Morgan fingerprint density at radius 2 is 1.06 bits per heavy atom. The first kappa shape index (κ1) is 40.5. The average molecular weight is 685 g/mol. The lowest BCUT2D eigenvalue weighted by atomic mass is 9.90. The maximum atomic E-state index is 12.6. The smallest absolute Gasteiger partial charge is 0.410 e. The van der Waals surface area contributed by atoms with Gasteiger partial charge in [-0.05, 0) is 90.5 Å². The number of carbonyl (C=O) groups is 4. The summed E-state index contributed by atoms with van der Waals surface area (Å²) in [5, 5.41) is 11.9. The quantitative estimate of drug-likeness (QED) is 0.242. The Bertz CT molecular complexity index is 1400. The molecule has 2 aliphatic heterocycles. The van der Waals surface area contributed by atoms with Crippen LogP contribution < -0.4 is 22.5 Å². The standard InChI is InChI=1S/C18H27N3O3.C12H21NO4.C6H8N2/c1-12-9-13(11-21(10-12)17(23)24-18(2,3)4)16(22)20-15-8-6-5-7-14(15)19;1-8-5-9(10(14)15)7-13(6-8)11(16)17-12(2,3)4;7-5-3-1-2-4-6(5)8/h5-8,12-13H,9-11,19H2,1-4H3,(H,20,22);8-9H,5-7H2,1-4H3,(H,14,15);1-4H,7-8H2. The molecule has 13 nitrogen and oxygen atoms in total. The number of hydrogen-bond acceptors (Lipinski definition) is 9. The van der Waals surface area contributed by atoms with Crippen LogP contribution in [0.4, 0.5) is 32.3 Å². The Morgan fingerprint density at radius 1 is 0.673 bits per heavy atom. The van der Waals surface area contributed by atoms with E-state index >= 15 is 0 Å². The SMILES string of the molecule is CC1CC(C(=O)Nc2ccccc2N)CN(C(=O)OC(C)(C)C)C1.CC1CC(C(=O)O)CN(C(=O)OC(C)(C)C)C1.Nc1ccccc1N. The van der Waals surface area contributed by atoms with Gasteiger partial charge in [0.2, 0.25) is 5.91 Å². The second-order valence-corrected chi connectivity index (χ2v) is 14.9. The van der Waals surface area contributed by atoms with Crippen molar-refractivity contribution in [1.82, 2.24) is 9.80 Å². The van der Waals surface area contributed by atoms with Crippen molar-refractivity contribution in [2.24, 2.45) is 23.7 Å². The van der Waals surface area contributed by atoms with Gasteiger partial charge in [0.05, 0.1) is 34.6 Å². The van der Waals surface area contributed by atoms with E-state index in [-0.39, 0.29) is 36.3 Å². The summed E-state index contributed by atoms with van der Waals surface area (Å²) in [5.74, 6) is -1.29. The number of amides is 3. The van der Waals surface area contributed by atoms with Crippen molar-refractivity contribution in [2.75, 3.05) is 48.7 Å². The van der Waals surface area contributed by atoms with Crippen molar-refractivity contribution < 1.29 is 33.8 Å². The molecule has 0 aliphatic carbocycles. The van der Waals surface area contributed by atoms with Crippen molar-refractivity contribution in [2.45, 2.75) is 79.4 Å². The normalized spacial score (nSPS) is 20.7. The van der Waals surface area contributed by atoms with Crippen LogP contribution in [-0.2, 0) is 19.1 Å². The van der Waals surface area contributed by atoms with Crippen molar-refractivity contribution in [3.8, 4) is 0 Å². The molecule has 2 saturated heterocycles. The highest BCUT2D eigenvalue weighted by Crippen LogP contribution is 2.26. The Balaban J connectivity index is 0.000000288. The number of para-hydroxylation sites is 4. The number of likely N-dealkylation sites (tertiary alicyclic amines) is 2. The Morgan fingerprint density at radius 3 is 1.45 bits per heavy atom. The van der Waals surface area contributed by atoms with E-state index in [0.29, 0.717) is 48.8 Å². The molecule has 2 aliphatic rings. The van der Waals surface area contributed by atoms with E-state index in [1.165, 1.54) is 4.90 Å². The number of nitrogens with one attached hydrogen (secondary N) is 1. The molecular formula is C36H56N6O7. The van der Waals surface area contributed by atoms with Crippen LogP contribution in [0.25, 0.3) is 0 Å². The van der Waals surface area contributed by atoms with Gasteiger partial charge in [0.1, 0.15) is 11.2 Å². The molecular weight excluding hydrogens is 628 g/mol. The van der Waals surface area contributed by atoms with Crippen LogP contribution in [0.2, 0.25) is 0 Å². The summed E-state index contributed by atoms with van der Waals surface area (Å²) in [4.78, 5) is 50.8. The molecule has 4 rings (SSSR count). The number of carboxylic acid groups (broad SMARTS) is 1. The number of ether oxygens (including phenoxy) is 2. The first-order valence-corrected chi connectivity index (χ1v) is 16.6. The predicted molar refractivity (Wildman–Crippen MR) is 193 cm³/mol. The molecule has 0 saturated carbocycles. The zero-order valence-electron chi connectivity index (χ0n) is 30.2. The van der Waals surface area contributed by atoms with Crippen molar-refractivity contribution in [3.63, 3.8) is 0 Å². The van der Waals surface area contributed by atoms with Gasteiger partial charge >= 0.3 is 18.2 Å². The van der Waals surface area contributed by atoms with Crippen LogP contribution in [0, 0.1) is 23.7 Å². The largest absolute Gasteiger partial charge is 0.481 e. The molecule has 0 spiro atoms. The molecule has 4 unspecified atom stereocenters. The van der Waals surface area contributed by atoms with Crippen LogP contribution in [0.15, 0.2) is 48.5 Å². The number of anilines is 4. The minimum absolute atomic E-state index is 0.118. The minimum Gasteiger partial charge on any atom is -0.481 e. The maximum Gasteiger partial charge on any atom is 0.410 e. The zero-order chi connectivity index (χ0) is 37.1.